The van der Waals surface area contributed by atoms with Crippen molar-refractivity contribution in [2.45, 2.75) is 83.6 Å². The van der Waals surface area contributed by atoms with Crippen LogP contribution < -0.4 is 10.9 Å². The van der Waals surface area contributed by atoms with Crippen LogP contribution in [0.15, 0.2) is 4.79 Å². The van der Waals surface area contributed by atoms with Crippen molar-refractivity contribution >= 4 is 27.5 Å². The molecule has 2 aromatic rings. The quantitative estimate of drug-likeness (QED) is 0.782. The highest BCUT2D eigenvalue weighted by molar-refractivity contribution is 7.18. The maximum Gasteiger partial charge on any atom is 0.259 e. The van der Waals surface area contributed by atoms with E-state index in [1.54, 1.807) is 11.3 Å². The van der Waals surface area contributed by atoms with E-state index in [4.69, 9.17) is 0 Å². The number of amides is 1. The van der Waals surface area contributed by atoms with E-state index in [-0.39, 0.29) is 11.5 Å². The van der Waals surface area contributed by atoms with Crippen LogP contribution in [0.1, 0.15) is 74.6 Å². The van der Waals surface area contributed by atoms with Crippen LogP contribution in [0.25, 0.3) is 10.2 Å². The number of aryl methyl sites for hydroxylation is 3. The summed E-state index contributed by atoms with van der Waals surface area (Å²) in [6.45, 7) is 2.28. The summed E-state index contributed by atoms with van der Waals surface area (Å²) in [5.74, 6) is 1.48. The van der Waals surface area contributed by atoms with Crippen LogP contribution in [0, 0.1) is 5.92 Å². The molecule has 0 aromatic carbocycles. The van der Waals surface area contributed by atoms with Gasteiger partial charge in [0.15, 0.2) is 0 Å². The zero-order valence-corrected chi connectivity index (χ0v) is 16.9. The van der Waals surface area contributed by atoms with Gasteiger partial charge in [0.05, 0.1) is 5.39 Å². The highest BCUT2D eigenvalue weighted by Crippen LogP contribution is 2.32. The minimum absolute atomic E-state index is 0.0314. The summed E-state index contributed by atoms with van der Waals surface area (Å²) in [7, 11) is 0. The molecule has 6 heteroatoms. The zero-order valence-electron chi connectivity index (χ0n) is 16.1. The van der Waals surface area contributed by atoms with Gasteiger partial charge in [0.25, 0.3) is 5.56 Å². The van der Waals surface area contributed by atoms with Gasteiger partial charge in [-0.15, -0.1) is 11.3 Å². The number of aromatic amines is 1. The molecule has 2 aliphatic carbocycles. The first-order chi connectivity index (χ1) is 13.1. The molecular weight excluding hydrogens is 358 g/mol. The van der Waals surface area contributed by atoms with Crippen LogP contribution >= 0.6 is 11.3 Å². The number of H-pyrrole nitrogens is 1. The third kappa shape index (κ3) is 4.26. The van der Waals surface area contributed by atoms with Crippen molar-refractivity contribution in [3.8, 4) is 0 Å². The van der Waals surface area contributed by atoms with Gasteiger partial charge in [-0.1, -0.05) is 13.3 Å². The van der Waals surface area contributed by atoms with Gasteiger partial charge in [-0.05, 0) is 62.8 Å². The average molecular weight is 388 g/mol. The second kappa shape index (κ2) is 8.13. The van der Waals surface area contributed by atoms with Gasteiger partial charge in [0.1, 0.15) is 10.7 Å². The molecule has 2 heterocycles. The second-order valence-electron chi connectivity index (χ2n) is 8.28. The second-order valence-corrected chi connectivity index (χ2v) is 9.37. The molecule has 146 valence electrons. The number of fused-ring (bicyclic) bond motifs is 3. The molecule has 0 saturated heterocycles. The molecule has 2 aromatic heterocycles. The first kappa shape index (κ1) is 18.7. The topological polar surface area (TPSA) is 74.8 Å². The lowest BCUT2D eigenvalue weighted by Crippen LogP contribution is -2.37. The van der Waals surface area contributed by atoms with Crippen molar-refractivity contribution in [1.82, 2.24) is 15.3 Å². The third-order valence-electron chi connectivity index (χ3n) is 6.09. The molecule has 2 aliphatic rings. The Balaban J connectivity index is 1.42. The number of hydrogen-bond acceptors (Lipinski definition) is 4. The van der Waals surface area contributed by atoms with E-state index in [9.17, 15) is 9.59 Å². The van der Waals surface area contributed by atoms with Crippen LogP contribution in [0.3, 0.4) is 0 Å². The monoisotopic (exact) mass is 387 g/mol. The molecule has 0 aliphatic heterocycles. The first-order valence-electron chi connectivity index (χ1n) is 10.4. The predicted octanol–water partition coefficient (Wildman–Crippen LogP) is 3.88. The summed E-state index contributed by atoms with van der Waals surface area (Å²) in [5.41, 5.74) is 1.19. The largest absolute Gasteiger partial charge is 0.353 e. The van der Waals surface area contributed by atoms with E-state index >= 15 is 0 Å². The number of nitrogens with zero attached hydrogens (tertiary/aromatic N) is 1. The minimum atomic E-state index is -0.0314. The van der Waals surface area contributed by atoms with E-state index < -0.39 is 0 Å². The molecule has 1 saturated carbocycles. The lowest BCUT2D eigenvalue weighted by atomic mass is 9.87. The van der Waals surface area contributed by atoms with Crippen LogP contribution in [0.4, 0.5) is 0 Å². The standard InChI is InChI=1S/C21H29N3O2S/c1-13-7-9-14(10-8-13)22-18(25)12-11-17-23-20(26)19-15-5-3-2-4-6-16(15)27-21(19)24-17/h13-14H,2-12H2,1H3,(H,22,25)(H,23,24,26). The number of carbonyl (C=O) groups excluding carboxylic acids is 1. The maximum absolute atomic E-state index is 12.6. The van der Waals surface area contributed by atoms with E-state index in [0.29, 0.717) is 24.7 Å². The van der Waals surface area contributed by atoms with Gasteiger partial charge in [-0.2, -0.15) is 0 Å². The Hall–Kier alpha value is -1.69. The van der Waals surface area contributed by atoms with Gasteiger partial charge in [-0.25, -0.2) is 4.98 Å². The van der Waals surface area contributed by atoms with E-state index in [2.05, 4.69) is 22.2 Å². The maximum atomic E-state index is 12.6. The molecule has 4 rings (SSSR count). The van der Waals surface area contributed by atoms with Crippen LogP contribution in [0.5, 0.6) is 0 Å². The minimum Gasteiger partial charge on any atom is -0.353 e. The molecule has 1 amide bonds. The van der Waals surface area contributed by atoms with Crippen molar-refractivity contribution in [3.05, 3.63) is 26.6 Å². The smallest absolute Gasteiger partial charge is 0.259 e. The van der Waals surface area contributed by atoms with Crippen molar-refractivity contribution in [2.24, 2.45) is 5.92 Å². The number of thiophene rings is 1. The molecule has 0 atom stereocenters. The molecule has 0 unspecified atom stereocenters. The van der Waals surface area contributed by atoms with Crippen LogP contribution in [-0.4, -0.2) is 21.9 Å². The molecule has 0 spiro atoms. The Morgan fingerprint density at radius 1 is 1.19 bits per heavy atom. The molecule has 27 heavy (non-hydrogen) atoms. The normalized spacial score (nSPS) is 23.0. The number of carbonyl (C=O) groups is 1. The summed E-state index contributed by atoms with van der Waals surface area (Å²) in [6.07, 6.45) is 11.1. The molecular formula is C21H29N3O2S. The SMILES string of the molecule is CC1CCC(NC(=O)CCc2nc3sc4c(c3c(=O)[nH]2)CCCCC4)CC1. The number of nitrogens with one attached hydrogen (secondary N) is 2. The Morgan fingerprint density at radius 3 is 2.78 bits per heavy atom. The van der Waals surface area contributed by atoms with Gasteiger partial charge in [-0.3, -0.25) is 9.59 Å². The Labute approximate surface area is 164 Å². The Morgan fingerprint density at radius 2 is 1.96 bits per heavy atom. The fourth-order valence-electron chi connectivity index (χ4n) is 4.44. The van der Waals surface area contributed by atoms with Gasteiger partial charge >= 0.3 is 0 Å². The third-order valence-corrected chi connectivity index (χ3v) is 7.28. The van der Waals surface area contributed by atoms with E-state index in [0.717, 1.165) is 48.2 Å². The highest BCUT2D eigenvalue weighted by Gasteiger charge is 2.21. The summed E-state index contributed by atoms with van der Waals surface area (Å²) in [6, 6.07) is 0.316. The average Bonchev–Trinajstić information content (AvgIpc) is 2.84. The Bertz CT molecular complexity index is 877. The summed E-state index contributed by atoms with van der Waals surface area (Å²) >= 11 is 1.67. The van der Waals surface area contributed by atoms with Crippen molar-refractivity contribution < 1.29 is 4.79 Å². The lowest BCUT2D eigenvalue weighted by molar-refractivity contribution is -0.122. The summed E-state index contributed by atoms with van der Waals surface area (Å²) in [5, 5.41) is 3.95. The lowest BCUT2D eigenvalue weighted by Gasteiger charge is -2.26. The molecule has 0 bridgehead atoms. The molecule has 1 fully saturated rings. The van der Waals surface area contributed by atoms with Crippen LogP contribution in [0.2, 0.25) is 0 Å². The first-order valence-corrected chi connectivity index (χ1v) is 11.2. The number of rotatable bonds is 4. The van der Waals surface area contributed by atoms with E-state index in [1.807, 2.05) is 0 Å². The Kier molecular flexibility index (Phi) is 5.62. The fourth-order valence-corrected chi connectivity index (χ4v) is 5.72. The van der Waals surface area contributed by atoms with Crippen molar-refractivity contribution in [2.75, 3.05) is 0 Å². The van der Waals surface area contributed by atoms with E-state index in [1.165, 1.54) is 36.1 Å². The van der Waals surface area contributed by atoms with Gasteiger partial charge < -0.3 is 10.3 Å². The number of aromatic nitrogens is 2. The van der Waals surface area contributed by atoms with Crippen molar-refractivity contribution in [1.29, 1.82) is 0 Å². The van der Waals surface area contributed by atoms with Gasteiger partial charge in [0.2, 0.25) is 5.91 Å². The predicted molar refractivity (Wildman–Crippen MR) is 109 cm³/mol. The number of hydrogen-bond donors (Lipinski definition) is 2. The summed E-state index contributed by atoms with van der Waals surface area (Å²) in [4.78, 5) is 34.7. The molecule has 5 nitrogen and oxygen atoms in total. The molecule has 2 N–H and O–H groups in total. The zero-order chi connectivity index (χ0) is 18.8. The molecule has 0 radical (unpaired) electrons. The van der Waals surface area contributed by atoms with Gasteiger partial charge in [0, 0.05) is 23.8 Å². The summed E-state index contributed by atoms with van der Waals surface area (Å²) < 4.78 is 0. The van der Waals surface area contributed by atoms with Crippen molar-refractivity contribution in [3.63, 3.8) is 0 Å². The highest BCUT2D eigenvalue weighted by atomic mass is 32.1. The van der Waals surface area contributed by atoms with Crippen LogP contribution in [-0.2, 0) is 24.1 Å². The fraction of sp³-hybridized carbons (Fsp3) is 0.667.